The van der Waals surface area contributed by atoms with E-state index in [0.29, 0.717) is 34.7 Å². The lowest BCUT2D eigenvalue weighted by Gasteiger charge is -2.17. The third-order valence-corrected chi connectivity index (χ3v) is 6.64. The molecule has 0 fully saturated rings. The number of nitrogens with zero attached hydrogens (tertiary/aromatic N) is 1. The van der Waals surface area contributed by atoms with Gasteiger partial charge in [-0.05, 0) is 73.4 Å². The second kappa shape index (κ2) is 9.70. The number of fused-ring (bicyclic) bond motifs is 2. The third kappa shape index (κ3) is 4.47. The van der Waals surface area contributed by atoms with E-state index in [1.807, 2.05) is 43.3 Å². The second-order valence-corrected chi connectivity index (χ2v) is 8.82. The summed E-state index contributed by atoms with van der Waals surface area (Å²) >= 11 is 0. The van der Waals surface area contributed by atoms with Crippen LogP contribution in [0.2, 0.25) is 0 Å². The first kappa shape index (κ1) is 23.4. The van der Waals surface area contributed by atoms with Crippen LogP contribution in [0.1, 0.15) is 33.5 Å². The van der Waals surface area contributed by atoms with E-state index in [2.05, 4.69) is 5.32 Å². The van der Waals surface area contributed by atoms with Crippen molar-refractivity contribution in [1.29, 1.82) is 0 Å². The number of benzene rings is 3. The van der Waals surface area contributed by atoms with Gasteiger partial charge in [-0.15, -0.1) is 0 Å². The molecule has 1 aliphatic rings. The van der Waals surface area contributed by atoms with Crippen LogP contribution >= 0.6 is 0 Å². The molecule has 2 heterocycles. The maximum atomic E-state index is 13.0. The first-order valence-corrected chi connectivity index (χ1v) is 11.8. The Morgan fingerprint density at radius 2 is 1.83 bits per heavy atom. The number of ether oxygens (including phenoxy) is 1. The lowest BCUT2D eigenvalue weighted by molar-refractivity contribution is -0.116. The lowest BCUT2D eigenvalue weighted by Crippen LogP contribution is -2.28. The summed E-state index contributed by atoms with van der Waals surface area (Å²) in [5.41, 5.74) is 4.55. The van der Waals surface area contributed by atoms with Gasteiger partial charge in [0.1, 0.15) is 11.3 Å². The van der Waals surface area contributed by atoms with E-state index in [4.69, 9.17) is 9.15 Å². The van der Waals surface area contributed by atoms with Crippen LogP contribution in [-0.4, -0.2) is 25.5 Å². The van der Waals surface area contributed by atoms with Crippen molar-refractivity contribution in [2.24, 2.45) is 0 Å². The molecule has 182 valence electrons. The first-order valence-electron chi connectivity index (χ1n) is 11.8. The molecular formula is C29H26N2O5. The molecule has 7 heteroatoms. The molecule has 5 rings (SSSR count). The molecule has 3 aromatic carbocycles. The molecule has 0 aliphatic carbocycles. The van der Waals surface area contributed by atoms with Crippen LogP contribution in [0.4, 0.5) is 11.4 Å². The molecule has 2 amide bonds. The van der Waals surface area contributed by atoms with Gasteiger partial charge < -0.3 is 19.4 Å². The van der Waals surface area contributed by atoms with Gasteiger partial charge in [0.05, 0.1) is 7.11 Å². The number of carbonyl (C=O) groups is 2. The van der Waals surface area contributed by atoms with Gasteiger partial charge in [-0.25, -0.2) is 4.79 Å². The number of carbonyl (C=O) groups excluding carboxylic acids is 2. The minimum absolute atomic E-state index is 0.0612. The molecule has 36 heavy (non-hydrogen) atoms. The standard InChI is InChI=1S/C29H26N2O5/c1-18-23-12-11-22(35-2)17-26(23)36-29(34)24(18)13-14-27(32)30-21-9-7-20(8-10-21)28(33)31-16-15-19-5-3-4-6-25(19)31/h3-12,17H,13-16H2,1-2H3,(H,30,32). The highest BCUT2D eigenvalue weighted by molar-refractivity contribution is 6.07. The number of rotatable bonds is 6. The molecule has 0 unspecified atom stereocenters. The molecule has 1 N–H and O–H groups in total. The fourth-order valence-corrected chi connectivity index (χ4v) is 4.65. The zero-order valence-electron chi connectivity index (χ0n) is 20.2. The largest absolute Gasteiger partial charge is 0.497 e. The maximum Gasteiger partial charge on any atom is 0.339 e. The van der Waals surface area contributed by atoms with Crippen molar-refractivity contribution in [3.05, 3.63) is 99.4 Å². The van der Waals surface area contributed by atoms with Crippen molar-refractivity contribution in [3.8, 4) is 5.75 Å². The predicted molar refractivity (Wildman–Crippen MR) is 139 cm³/mol. The van der Waals surface area contributed by atoms with Crippen molar-refractivity contribution >= 4 is 34.2 Å². The number of amides is 2. The number of anilines is 2. The molecule has 0 saturated carbocycles. The van der Waals surface area contributed by atoms with Crippen LogP contribution in [0.15, 0.2) is 75.9 Å². The topological polar surface area (TPSA) is 88.9 Å². The van der Waals surface area contributed by atoms with E-state index in [9.17, 15) is 14.4 Å². The summed E-state index contributed by atoms with van der Waals surface area (Å²) in [6, 6.07) is 20.1. The van der Waals surface area contributed by atoms with E-state index in [1.54, 1.807) is 42.3 Å². The quantitative estimate of drug-likeness (QED) is 0.396. The van der Waals surface area contributed by atoms with Crippen LogP contribution in [0.3, 0.4) is 0 Å². The summed E-state index contributed by atoms with van der Waals surface area (Å²) in [6.45, 7) is 2.51. The van der Waals surface area contributed by atoms with E-state index in [0.717, 1.165) is 23.1 Å². The fourth-order valence-electron chi connectivity index (χ4n) is 4.65. The maximum absolute atomic E-state index is 13.0. The average molecular weight is 483 g/mol. The molecule has 0 bridgehead atoms. The van der Waals surface area contributed by atoms with Gasteiger partial charge in [0.15, 0.2) is 0 Å². The second-order valence-electron chi connectivity index (χ2n) is 8.82. The Bertz CT molecular complexity index is 1520. The first-order chi connectivity index (χ1) is 17.4. The highest BCUT2D eigenvalue weighted by Gasteiger charge is 2.25. The lowest BCUT2D eigenvalue weighted by atomic mass is 10.0. The van der Waals surface area contributed by atoms with Crippen molar-refractivity contribution < 1.29 is 18.7 Å². The van der Waals surface area contributed by atoms with Crippen LogP contribution < -0.4 is 20.6 Å². The normalized spacial score (nSPS) is 12.4. The number of hydrogen-bond acceptors (Lipinski definition) is 5. The van der Waals surface area contributed by atoms with Crippen molar-refractivity contribution in [2.75, 3.05) is 23.9 Å². The Hall–Kier alpha value is -4.39. The Morgan fingerprint density at radius 3 is 2.61 bits per heavy atom. The van der Waals surface area contributed by atoms with E-state index in [-0.39, 0.29) is 24.7 Å². The summed E-state index contributed by atoms with van der Waals surface area (Å²) in [4.78, 5) is 39.9. The average Bonchev–Trinajstić information content (AvgIpc) is 3.32. The summed E-state index contributed by atoms with van der Waals surface area (Å²) in [6.07, 6.45) is 1.23. The Morgan fingerprint density at radius 1 is 1.06 bits per heavy atom. The zero-order chi connectivity index (χ0) is 25.2. The van der Waals surface area contributed by atoms with Crippen LogP contribution in [-0.2, 0) is 17.6 Å². The summed E-state index contributed by atoms with van der Waals surface area (Å²) in [5, 5.41) is 3.65. The Balaban J connectivity index is 1.23. The highest BCUT2D eigenvalue weighted by atomic mass is 16.5. The summed E-state index contributed by atoms with van der Waals surface area (Å²) < 4.78 is 10.7. The molecular weight excluding hydrogens is 456 g/mol. The number of hydrogen-bond donors (Lipinski definition) is 1. The van der Waals surface area contributed by atoms with Crippen LogP contribution in [0.25, 0.3) is 11.0 Å². The predicted octanol–water partition coefficient (Wildman–Crippen LogP) is 4.88. The van der Waals surface area contributed by atoms with Crippen molar-refractivity contribution in [3.63, 3.8) is 0 Å². The molecule has 1 aromatic heterocycles. The van der Waals surface area contributed by atoms with Gasteiger partial charge >= 0.3 is 5.63 Å². The highest BCUT2D eigenvalue weighted by Crippen LogP contribution is 2.29. The minimum Gasteiger partial charge on any atom is -0.497 e. The monoisotopic (exact) mass is 482 g/mol. The van der Waals surface area contributed by atoms with Gasteiger partial charge in [-0.1, -0.05) is 18.2 Å². The number of aryl methyl sites for hydroxylation is 1. The van der Waals surface area contributed by atoms with Crippen molar-refractivity contribution in [1.82, 2.24) is 0 Å². The fraction of sp³-hybridized carbons (Fsp3) is 0.207. The molecule has 7 nitrogen and oxygen atoms in total. The number of nitrogens with one attached hydrogen (secondary N) is 1. The summed E-state index contributed by atoms with van der Waals surface area (Å²) in [7, 11) is 1.55. The van der Waals surface area contributed by atoms with Crippen LogP contribution in [0.5, 0.6) is 5.75 Å². The molecule has 0 spiro atoms. The van der Waals surface area contributed by atoms with Crippen LogP contribution in [0, 0.1) is 6.92 Å². The Kier molecular flexibility index (Phi) is 6.29. The third-order valence-electron chi connectivity index (χ3n) is 6.64. The van der Waals surface area contributed by atoms with Gasteiger partial charge in [-0.2, -0.15) is 0 Å². The molecule has 0 radical (unpaired) electrons. The Labute approximate surface area is 208 Å². The molecule has 0 saturated heterocycles. The molecule has 0 atom stereocenters. The van der Waals surface area contributed by atoms with E-state index >= 15 is 0 Å². The van der Waals surface area contributed by atoms with Gasteiger partial charge in [-0.3, -0.25) is 9.59 Å². The van der Waals surface area contributed by atoms with Gasteiger partial charge in [0.25, 0.3) is 5.91 Å². The number of methoxy groups -OCH3 is 1. The molecule has 4 aromatic rings. The minimum atomic E-state index is -0.451. The van der Waals surface area contributed by atoms with E-state index in [1.165, 1.54) is 5.56 Å². The SMILES string of the molecule is COc1ccc2c(C)c(CCC(=O)Nc3ccc(C(=O)N4CCc5ccccc54)cc3)c(=O)oc2c1. The van der Waals surface area contributed by atoms with Gasteiger partial charge in [0.2, 0.25) is 5.91 Å². The summed E-state index contributed by atoms with van der Waals surface area (Å²) in [5.74, 6) is 0.320. The van der Waals surface area contributed by atoms with Crippen molar-refractivity contribution in [2.45, 2.75) is 26.2 Å². The smallest absolute Gasteiger partial charge is 0.339 e. The zero-order valence-corrected chi connectivity index (χ0v) is 20.2. The van der Waals surface area contributed by atoms with Gasteiger partial charge in [0, 0.05) is 46.9 Å². The molecule has 1 aliphatic heterocycles. The number of para-hydroxylation sites is 1. The van der Waals surface area contributed by atoms with E-state index < -0.39 is 5.63 Å².